The summed E-state index contributed by atoms with van der Waals surface area (Å²) in [5.74, 6) is -0.292. The number of benzene rings is 2. The fraction of sp³-hybridized carbons (Fsp3) is 0.316. The first-order chi connectivity index (χ1) is 13.3. The lowest BCUT2D eigenvalue weighted by atomic mass is 10.2. The Labute approximate surface area is 163 Å². The first kappa shape index (κ1) is 21.6. The molecule has 0 aromatic heterocycles. The van der Waals surface area contributed by atoms with Crippen molar-refractivity contribution in [2.75, 3.05) is 30.3 Å². The summed E-state index contributed by atoms with van der Waals surface area (Å²) in [5.41, 5.74) is 1.07. The van der Waals surface area contributed by atoms with E-state index in [1.165, 1.54) is 28.6 Å². The molecule has 0 unspecified atom stereocenters. The van der Waals surface area contributed by atoms with Crippen LogP contribution in [0.4, 0.5) is 10.1 Å². The first-order valence-electron chi connectivity index (χ1n) is 8.62. The van der Waals surface area contributed by atoms with Crippen LogP contribution in [-0.4, -0.2) is 45.4 Å². The van der Waals surface area contributed by atoms with Crippen molar-refractivity contribution in [1.82, 2.24) is 5.32 Å². The Morgan fingerprint density at radius 1 is 1.14 bits per heavy atom. The van der Waals surface area contributed by atoms with Gasteiger partial charge < -0.3 is 15.2 Å². The Kier molecular flexibility index (Phi) is 7.77. The molecule has 2 rings (SSSR count). The zero-order valence-electron chi connectivity index (χ0n) is 15.5. The number of aliphatic hydroxyl groups excluding tert-OH is 1. The van der Waals surface area contributed by atoms with Gasteiger partial charge >= 0.3 is 0 Å². The molecule has 0 saturated heterocycles. The summed E-state index contributed by atoms with van der Waals surface area (Å²) in [7, 11) is -3.56. The molecule has 0 spiro atoms. The molecule has 0 radical (unpaired) electrons. The molecule has 2 aromatic rings. The van der Waals surface area contributed by atoms with E-state index in [1.54, 1.807) is 24.3 Å². The second-order valence-corrected chi connectivity index (χ2v) is 8.01. The first-order valence-corrected chi connectivity index (χ1v) is 10.5. The van der Waals surface area contributed by atoms with Gasteiger partial charge in [0.1, 0.15) is 11.6 Å². The molecule has 9 heteroatoms. The molecule has 2 N–H and O–H groups in total. The van der Waals surface area contributed by atoms with Crippen LogP contribution in [0, 0.1) is 5.82 Å². The Morgan fingerprint density at radius 2 is 1.79 bits per heavy atom. The molecule has 0 aliphatic carbocycles. The highest BCUT2D eigenvalue weighted by Gasteiger charge is 2.18. The van der Waals surface area contributed by atoms with Crippen LogP contribution in [0.3, 0.4) is 0 Å². The van der Waals surface area contributed by atoms with E-state index in [0.29, 0.717) is 30.0 Å². The third-order valence-corrected chi connectivity index (χ3v) is 4.93. The molecule has 0 fully saturated rings. The highest BCUT2D eigenvalue weighted by atomic mass is 32.2. The molecular weight excluding hydrogens is 387 g/mol. The summed E-state index contributed by atoms with van der Waals surface area (Å²) in [6.07, 6.45) is 1.56. The fourth-order valence-electron chi connectivity index (χ4n) is 2.37. The number of ether oxygens (including phenoxy) is 1. The van der Waals surface area contributed by atoms with Crippen LogP contribution in [-0.2, 0) is 21.4 Å². The van der Waals surface area contributed by atoms with Crippen molar-refractivity contribution in [3.63, 3.8) is 0 Å². The number of halogens is 1. The number of carbonyl (C=O) groups excluding carboxylic acids is 1. The number of aliphatic hydroxyl groups is 1. The van der Waals surface area contributed by atoms with Crippen molar-refractivity contribution in [2.45, 2.75) is 13.0 Å². The Hall–Kier alpha value is -2.65. The molecule has 0 bridgehead atoms. The lowest BCUT2D eigenvalue weighted by Gasteiger charge is -2.22. The quantitative estimate of drug-likeness (QED) is 0.581. The number of nitrogens with zero attached hydrogens (tertiary/aromatic N) is 1. The second kappa shape index (κ2) is 10.0. The second-order valence-electron chi connectivity index (χ2n) is 6.11. The molecule has 0 aliphatic heterocycles. The lowest BCUT2D eigenvalue weighted by Crippen LogP contribution is -2.30. The molecule has 0 aliphatic rings. The van der Waals surface area contributed by atoms with Crippen LogP contribution in [0.2, 0.25) is 0 Å². The number of anilines is 1. The number of rotatable bonds is 10. The number of hydrogen-bond acceptors (Lipinski definition) is 5. The van der Waals surface area contributed by atoms with Crippen molar-refractivity contribution >= 4 is 21.6 Å². The zero-order chi connectivity index (χ0) is 20.6. The lowest BCUT2D eigenvalue weighted by molar-refractivity contribution is -0.123. The van der Waals surface area contributed by atoms with Gasteiger partial charge in [0.2, 0.25) is 10.0 Å². The summed E-state index contributed by atoms with van der Waals surface area (Å²) in [4.78, 5) is 11.6. The fourth-order valence-corrected chi connectivity index (χ4v) is 3.26. The topological polar surface area (TPSA) is 95.9 Å². The largest absolute Gasteiger partial charge is 0.484 e. The van der Waals surface area contributed by atoms with Crippen LogP contribution < -0.4 is 14.4 Å². The normalized spacial score (nSPS) is 11.1. The smallest absolute Gasteiger partial charge is 0.257 e. The molecule has 0 heterocycles. The summed E-state index contributed by atoms with van der Waals surface area (Å²) >= 11 is 0. The zero-order valence-corrected chi connectivity index (χ0v) is 16.3. The van der Waals surface area contributed by atoms with Gasteiger partial charge in [-0.2, -0.15) is 0 Å². The van der Waals surface area contributed by atoms with Crippen LogP contribution in [0.5, 0.6) is 5.75 Å². The molecule has 1 amide bonds. The van der Waals surface area contributed by atoms with E-state index in [0.717, 1.165) is 6.26 Å². The van der Waals surface area contributed by atoms with Gasteiger partial charge in [0.15, 0.2) is 6.61 Å². The van der Waals surface area contributed by atoms with E-state index in [2.05, 4.69) is 5.32 Å². The van der Waals surface area contributed by atoms with Gasteiger partial charge in [-0.05, 0) is 48.4 Å². The van der Waals surface area contributed by atoms with Crippen molar-refractivity contribution in [2.24, 2.45) is 0 Å². The summed E-state index contributed by atoms with van der Waals surface area (Å²) < 4.78 is 44.0. The molecule has 2 aromatic carbocycles. The minimum atomic E-state index is -3.56. The Balaban J connectivity index is 2.03. The molecule has 7 nitrogen and oxygen atoms in total. The van der Waals surface area contributed by atoms with Gasteiger partial charge in [-0.25, -0.2) is 12.8 Å². The maximum atomic E-state index is 13.1. The van der Waals surface area contributed by atoms with Crippen LogP contribution in [0.25, 0.3) is 0 Å². The van der Waals surface area contributed by atoms with Gasteiger partial charge in [0, 0.05) is 13.2 Å². The third kappa shape index (κ3) is 6.82. The van der Waals surface area contributed by atoms with Gasteiger partial charge in [-0.3, -0.25) is 9.10 Å². The van der Waals surface area contributed by atoms with Crippen LogP contribution >= 0.6 is 0 Å². The average Bonchev–Trinajstić information content (AvgIpc) is 2.66. The number of nitrogens with one attached hydrogen (secondary N) is 1. The number of carbonyl (C=O) groups is 1. The summed E-state index contributed by atoms with van der Waals surface area (Å²) in [6, 6.07) is 11.9. The van der Waals surface area contributed by atoms with Crippen molar-refractivity contribution in [3.8, 4) is 5.75 Å². The van der Waals surface area contributed by atoms with E-state index in [4.69, 9.17) is 9.84 Å². The predicted octanol–water partition coefficient (Wildman–Crippen LogP) is 1.67. The summed E-state index contributed by atoms with van der Waals surface area (Å²) in [6.45, 7) is 0.240. The standard InChI is InChI=1S/C19H23FN2O5S/c1-28(25,26)22(13-15-3-5-16(20)6-4-15)17-7-9-18(10-8-17)27-14-19(24)21-11-2-12-23/h3-10,23H,2,11-14H2,1H3,(H,21,24). The predicted molar refractivity (Wildman–Crippen MR) is 104 cm³/mol. The van der Waals surface area contributed by atoms with E-state index < -0.39 is 15.8 Å². The molecule has 0 atom stereocenters. The Morgan fingerprint density at radius 3 is 2.36 bits per heavy atom. The van der Waals surface area contributed by atoms with Crippen molar-refractivity contribution < 1.29 is 27.4 Å². The van der Waals surface area contributed by atoms with Gasteiger partial charge in [-0.15, -0.1) is 0 Å². The number of amides is 1. The van der Waals surface area contributed by atoms with Crippen LogP contribution in [0.15, 0.2) is 48.5 Å². The summed E-state index contributed by atoms with van der Waals surface area (Å²) in [5, 5.41) is 11.3. The average molecular weight is 410 g/mol. The molecule has 28 heavy (non-hydrogen) atoms. The highest BCUT2D eigenvalue weighted by molar-refractivity contribution is 7.92. The van der Waals surface area contributed by atoms with Crippen molar-refractivity contribution in [3.05, 3.63) is 59.9 Å². The monoisotopic (exact) mass is 410 g/mol. The van der Waals surface area contributed by atoms with E-state index in [-0.39, 0.29) is 25.7 Å². The maximum Gasteiger partial charge on any atom is 0.257 e. The number of hydrogen-bond donors (Lipinski definition) is 2. The van der Waals surface area contributed by atoms with E-state index in [9.17, 15) is 17.6 Å². The molecule has 0 saturated carbocycles. The van der Waals surface area contributed by atoms with Gasteiger partial charge in [0.05, 0.1) is 18.5 Å². The SMILES string of the molecule is CS(=O)(=O)N(Cc1ccc(F)cc1)c1ccc(OCC(=O)NCCCO)cc1. The molecular formula is C19H23FN2O5S. The van der Waals surface area contributed by atoms with Gasteiger partial charge in [-0.1, -0.05) is 12.1 Å². The van der Waals surface area contributed by atoms with Gasteiger partial charge in [0.25, 0.3) is 5.91 Å². The Bertz CT molecular complexity index is 870. The maximum absolute atomic E-state index is 13.1. The minimum Gasteiger partial charge on any atom is -0.484 e. The minimum absolute atomic E-state index is 0.00262. The molecule has 152 valence electrons. The third-order valence-electron chi connectivity index (χ3n) is 3.79. The van der Waals surface area contributed by atoms with Crippen molar-refractivity contribution in [1.29, 1.82) is 0 Å². The van der Waals surface area contributed by atoms with E-state index >= 15 is 0 Å². The highest BCUT2D eigenvalue weighted by Crippen LogP contribution is 2.23. The van der Waals surface area contributed by atoms with E-state index in [1.807, 2.05) is 0 Å². The van der Waals surface area contributed by atoms with Crippen LogP contribution in [0.1, 0.15) is 12.0 Å². The number of sulfonamides is 1.